The van der Waals surface area contributed by atoms with Crippen molar-refractivity contribution in [3.8, 4) is 22.7 Å². The molecule has 2 N–H and O–H groups in total. The molecule has 2 aliphatic heterocycles. The smallest absolute Gasteiger partial charge is 0.151 e. The second-order valence-corrected chi connectivity index (χ2v) is 8.30. The molecule has 3 aromatic rings. The third-order valence-corrected chi connectivity index (χ3v) is 6.41. The van der Waals surface area contributed by atoms with Crippen LogP contribution >= 0.6 is 0 Å². The van der Waals surface area contributed by atoms with Crippen LogP contribution in [0.15, 0.2) is 42.9 Å². The molecule has 4 atom stereocenters. The average molecular weight is 408 g/mol. The van der Waals surface area contributed by atoms with E-state index in [0.717, 1.165) is 30.8 Å². The Kier molecular flexibility index (Phi) is 4.66. The second-order valence-electron chi connectivity index (χ2n) is 8.30. The number of aromatic nitrogens is 4. The number of phenolic OH excluding ortho intramolecular Hbond substituents is 1. The van der Waals surface area contributed by atoms with Crippen LogP contribution < -0.4 is 10.2 Å². The van der Waals surface area contributed by atoms with Gasteiger partial charge in [0.05, 0.1) is 29.4 Å². The Bertz CT molecular complexity index is 1040. The number of phenols is 1. The SMILES string of the molecule is Cc1cn(-c2ccc(-c3ccc(N(C)[C@H]4[C@H]5CC[C@H](NC5)[C@@H]4F)nn3)c(O)c2)cn1. The molecule has 0 unspecified atom stereocenters. The predicted molar refractivity (Wildman–Crippen MR) is 113 cm³/mol. The summed E-state index contributed by atoms with van der Waals surface area (Å²) in [7, 11) is 1.89. The first-order valence-electron chi connectivity index (χ1n) is 10.3. The number of halogens is 1. The molecule has 2 aromatic heterocycles. The number of imidazole rings is 1. The Balaban J connectivity index is 1.37. The fraction of sp³-hybridized carbons (Fsp3) is 0.409. The largest absolute Gasteiger partial charge is 0.507 e. The minimum Gasteiger partial charge on any atom is -0.507 e. The number of nitrogens with one attached hydrogen (secondary N) is 1. The third-order valence-electron chi connectivity index (χ3n) is 6.41. The molecule has 4 heterocycles. The summed E-state index contributed by atoms with van der Waals surface area (Å²) >= 11 is 0. The van der Waals surface area contributed by atoms with Crippen molar-refractivity contribution in [1.82, 2.24) is 25.1 Å². The molecule has 30 heavy (non-hydrogen) atoms. The number of rotatable bonds is 4. The maximum Gasteiger partial charge on any atom is 0.151 e. The van der Waals surface area contributed by atoms with Gasteiger partial charge in [-0.05, 0) is 49.9 Å². The molecule has 8 heteroatoms. The molecule has 156 valence electrons. The highest BCUT2D eigenvalue weighted by Gasteiger charge is 2.46. The van der Waals surface area contributed by atoms with Crippen molar-refractivity contribution in [2.45, 2.75) is 38.0 Å². The number of hydrogen-bond acceptors (Lipinski definition) is 6. The van der Waals surface area contributed by atoms with E-state index in [1.807, 2.05) is 53.9 Å². The summed E-state index contributed by atoms with van der Waals surface area (Å²) in [5, 5.41) is 22.5. The maximum absolute atomic E-state index is 14.9. The van der Waals surface area contributed by atoms with Gasteiger partial charge in [0.15, 0.2) is 5.82 Å². The number of benzene rings is 1. The van der Waals surface area contributed by atoms with Crippen LogP contribution in [0.4, 0.5) is 10.2 Å². The van der Waals surface area contributed by atoms with Gasteiger partial charge in [0.1, 0.15) is 11.9 Å². The monoisotopic (exact) mass is 408 g/mol. The molecule has 3 fully saturated rings. The van der Waals surface area contributed by atoms with Crippen molar-refractivity contribution < 1.29 is 9.50 Å². The van der Waals surface area contributed by atoms with Gasteiger partial charge in [-0.3, -0.25) is 0 Å². The van der Waals surface area contributed by atoms with Crippen molar-refractivity contribution in [3.05, 3.63) is 48.5 Å². The lowest BCUT2D eigenvalue weighted by atomic mass is 9.75. The lowest BCUT2D eigenvalue weighted by molar-refractivity contribution is 0.0702. The molecule has 3 aliphatic rings. The Morgan fingerprint density at radius 3 is 2.67 bits per heavy atom. The van der Waals surface area contributed by atoms with E-state index in [1.165, 1.54) is 0 Å². The van der Waals surface area contributed by atoms with Crippen LogP contribution in [-0.4, -0.2) is 56.7 Å². The highest BCUT2D eigenvalue weighted by molar-refractivity contribution is 5.69. The summed E-state index contributed by atoms with van der Waals surface area (Å²) in [5.41, 5.74) is 2.89. The molecule has 0 radical (unpaired) electrons. The van der Waals surface area contributed by atoms with Crippen LogP contribution in [0.3, 0.4) is 0 Å². The summed E-state index contributed by atoms with van der Waals surface area (Å²) in [6.45, 7) is 2.77. The highest BCUT2D eigenvalue weighted by atomic mass is 19.1. The zero-order valence-corrected chi connectivity index (χ0v) is 17.0. The van der Waals surface area contributed by atoms with E-state index in [-0.39, 0.29) is 23.8 Å². The molecular weight excluding hydrogens is 383 g/mol. The first-order valence-corrected chi connectivity index (χ1v) is 10.3. The number of aromatic hydroxyl groups is 1. The molecule has 0 spiro atoms. The second kappa shape index (κ2) is 7.36. The summed E-state index contributed by atoms with van der Waals surface area (Å²) in [6, 6.07) is 8.81. The predicted octanol–water partition coefficient (Wildman–Crippen LogP) is 2.87. The van der Waals surface area contributed by atoms with Gasteiger partial charge >= 0.3 is 0 Å². The summed E-state index contributed by atoms with van der Waals surface area (Å²) in [6.07, 6.45) is 4.63. The quantitative estimate of drug-likeness (QED) is 0.691. The van der Waals surface area contributed by atoms with Crippen LogP contribution in [0.2, 0.25) is 0 Å². The molecule has 1 saturated carbocycles. The van der Waals surface area contributed by atoms with Gasteiger partial charge in [-0.15, -0.1) is 10.2 Å². The van der Waals surface area contributed by atoms with Gasteiger partial charge in [0.25, 0.3) is 0 Å². The normalized spacial score (nSPS) is 25.4. The summed E-state index contributed by atoms with van der Waals surface area (Å²) < 4.78 is 16.7. The fourth-order valence-corrected chi connectivity index (χ4v) is 4.76. The minimum absolute atomic E-state index is 0.0653. The van der Waals surface area contributed by atoms with E-state index in [0.29, 0.717) is 17.1 Å². The lowest BCUT2D eigenvalue weighted by Gasteiger charge is -2.49. The van der Waals surface area contributed by atoms with Crippen molar-refractivity contribution in [2.24, 2.45) is 5.92 Å². The van der Waals surface area contributed by atoms with Crippen molar-refractivity contribution >= 4 is 5.82 Å². The molecule has 2 saturated heterocycles. The van der Waals surface area contributed by atoms with Gasteiger partial charge < -0.3 is 19.9 Å². The Morgan fingerprint density at radius 1 is 1.20 bits per heavy atom. The van der Waals surface area contributed by atoms with Crippen LogP contribution in [0.5, 0.6) is 5.75 Å². The molecule has 1 aromatic carbocycles. The molecule has 7 nitrogen and oxygen atoms in total. The lowest BCUT2D eigenvalue weighted by Crippen LogP contribution is -2.64. The average Bonchev–Trinajstić information content (AvgIpc) is 3.20. The first kappa shape index (κ1) is 19.0. The van der Waals surface area contributed by atoms with E-state index in [9.17, 15) is 9.50 Å². The van der Waals surface area contributed by atoms with Crippen molar-refractivity contribution in [1.29, 1.82) is 0 Å². The number of hydrogen-bond donors (Lipinski definition) is 2. The molecule has 1 aliphatic carbocycles. The summed E-state index contributed by atoms with van der Waals surface area (Å²) in [4.78, 5) is 6.13. The van der Waals surface area contributed by atoms with E-state index in [4.69, 9.17) is 0 Å². The minimum atomic E-state index is -0.910. The Hall–Kier alpha value is -3.00. The van der Waals surface area contributed by atoms with E-state index in [2.05, 4.69) is 20.5 Å². The van der Waals surface area contributed by atoms with Crippen LogP contribution in [0, 0.1) is 12.8 Å². The topological polar surface area (TPSA) is 79.1 Å². The molecular formula is C22H25FN6O. The first-order chi connectivity index (χ1) is 14.5. The standard InChI is InChI=1S/C22H25FN6O/c1-13-11-29(12-25-13)15-4-5-16(19(30)9-15)17-7-8-20(27-26-17)28(2)22-14-3-6-18(21(22)23)24-10-14/h4-5,7-9,11-12,14,18,21-22,24,30H,3,6,10H2,1-2H3/t14-,18-,21-,22-/m0/s1. The van der Waals surface area contributed by atoms with Crippen molar-refractivity contribution in [3.63, 3.8) is 0 Å². The molecule has 6 rings (SSSR count). The van der Waals surface area contributed by atoms with Gasteiger partial charge in [-0.2, -0.15) is 0 Å². The van der Waals surface area contributed by atoms with Gasteiger partial charge in [0.2, 0.25) is 0 Å². The van der Waals surface area contributed by atoms with E-state index < -0.39 is 6.17 Å². The van der Waals surface area contributed by atoms with Crippen LogP contribution in [-0.2, 0) is 0 Å². The van der Waals surface area contributed by atoms with Crippen molar-refractivity contribution in [2.75, 3.05) is 18.5 Å². The third kappa shape index (κ3) is 3.21. The maximum atomic E-state index is 14.9. The van der Waals surface area contributed by atoms with Crippen LogP contribution in [0.25, 0.3) is 16.9 Å². The number of piperidine rings is 2. The van der Waals surface area contributed by atoms with Gasteiger partial charge in [0, 0.05) is 37.5 Å². The van der Waals surface area contributed by atoms with Gasteiger partial charge in [-0.25, -0.2) is 9.37 Å². The fourth-order valence-electron chi connectivity index (χ4n) is 4.76. The van der Waals surface area contributed by atoms with Crippen LogP contribution in [0.1, 0.15) is 18.5 Å². The number of alkyl halides is 1. The Labute approximate surface area is 174 Å². The Morgan fingerprint density at radius 2 is 2.07 bits per heavy atom. The van der Waals surface area contributed by atoms with E-state index >= 15 is 0 Å². The molecule has 0 amide bonds. The summed E-state index contributed by atoms with van der Waals surface area (Å²) in [5.74, 6) is 1.04. The number of aryl methyl sites for hydroxylation is 1. The van der Waals surface area contributed by atoms with E-state index in [1.54, 1.807) is 12.4 Å². The molecule has 2 bridgehead atoms. The zero-order chi connectivity index (χ0) is 20.8. The number of fused-ring (bicyclic) bond motifs is 3. The van der Waals surface area contributed by atoms with Gasteiger partial charge in [-0.1, -0.05) is 0 Å². The highest BCUT2D eigenvalue weighted by Crippen LogP contribution is 2.36. The number of nitrogens with zero attached hydrogens (tertiary/aromatic N) is 5. The zero-order valence-electron chi connectivity index (χ0n) is 17.0. The number of anilines is 1.